The van der Waals surface area contributed by atoms with Crippen molar-refractivity contribution in [3.63, 3.8) is 0 Å². The summed E-state index contributed by atoms with van der Waals surface area (Å²) in [6.07, 6.45) is 4.41. The monoisotopic (exact) mass is 414 g/mol. The van der Waals surface area contributed by atoms with Crippen molar-refractivity contribution in [1.82, 2.24) is 10.2 Å². The number of carbonyl (C=O) groups is 2. The fourth-order valence-electron chi connectivity index (χ4n) is 2.62. The van der Waals surface area contributed by atoms with Gasteiger partial charge in [-0.2, -0.15) is 5.10 Å². The van der Waals surface area contributed by atoms with Crippen LogP contribution in [0.1, 0.15) is 18.9 Å². The SMILES string of the molecule is C=C/C=C(/CC(=O)Nc1cnnc(N(C(C)=O)c2cc(C)cc(F)c2)c1)C(=C)Cl. The molecule has 0 unspecified atom stereocenters. The van der Waals surface area contributed by atoms with Crippen molar-refractivity contribution < 1.29 is 14.0 Å². The highest BCUT2D eigenvalue weighted by molar-refractivity contribution is 6.32. The zero-order chi connectivity index (χ0) is 21.6. The highest BCUT2D eigenvalue weighted by atomic mass is 35.5. The maximum absolute atomic E-state index is 13.8. The number of halogens is 2. The van der Waals surface area contributed by atoms with Gasteiger partial charge in [-0.25, -0.2) is 4.39 Å². The minimum atomic E-state index is -0.480. The third-order valence-electron chi connectivity index (χ3n) is 3.77. The number of aromatic nitrogens is 2. The number of carbonyl (C=O) groups excluding carboxylic acids is 2. The average molecular weight is 415 g/mol. The Balaban J connectivity index is 2.30. The lowest BCUT2D eigenvalue weighted by atomic mass is 10.1. The molecule has 0 aliphatic carbocycles. The molecule has 1 aromatic carbocycles. The van der Waals surface area contributed by atoms with Gasteiger partial charge in [0.15, 0.2) is 5.82 Å². The van der Waals surface area contributed by atoms with Crippen LogP contribution in [0, 0.1) is 12.7 Å². The number of rotatable bonds is 7. The zero-order valence-electron chi connectivity index (χ0n) is 16.1. The summed E-state index contributed by atoms with van der Waals surface area (Å²) in [7, 11) is 0. The second-order valence-corrected chi connectivity index (χ2v) is 6.66. The van der Waals surface area contributed by atoms with Crippen LogP contribution in [0.4, 0.5) is 21.6 Å². The van der Waals surface area contributed by atoms with Crippen molar-refractivity contribution in [2.24, 2.45) is 0 Å². The Labute approximate surface area is 173 Å². The molecule has 0 saturated carbocycles. The van der Waals surface area contributed by atoms with Crippen LogP contribution in [0.2, 0.25) is 0 Å². The quantitative estimate of drug-likeness (QED) is 0.660. The van der Waals surface area contributed by atoms with E-state index in [0.29, 0.717) is 22.5 Å². The van der Waals surface area contributed by atoms with Crippen LogP contribution >= 0.6 is 11.6 Å². The number of allylic oxidation sites excluding steroid dienone is 3. The summed E-state index contributed by atoms with van der Waals surface area (Å²) in [5, 5.41) is 10.7. The highest BCUT2D eigenvalue weighted by Crippen LogP contribution is 2.27. The number of nitrogens with one attached hydrogen (secondary N) is 1. The molecule has 1 aromatic heterocycles. The lowest BCUT2D eigenvalue weighted by Gasteiger charge is -2.20. The lowest BCUT2D eigenvalue weighted by molar-refractivity contribution is -0.116. The third-order valence-corrected chi connectivity index (χ3v) is 4.02. The minimum absolute atomic E-state index is 0.0223. The Kier molecular flexibility index (Phi) is 7.39. The van der Waals surface area contributed by atoms with Gasteiger partial charge >= 0.3 is 0 Å². The Morgan fingerprint density at radius 2 is 2.03 bits per heavy atom. The van der Waals surface area contributed by atoms with Crippen LogP contribution in [0.15, 0.2) is 66.4 Å². The molecule has 2 rings (SSSR count). The topological polar surface area (TPSA) is 75.2 Å². The lowest BCUT2D eigenvalue weighted by Crippen LogP contribution is -2.24. The molecule has 0 aliphatic rings. The molecule has 0 atom stereocenters. The summed E-state index contributed by atoms with van der Waals surface area (Å²) < 4.78 is 13.8. The van der Waals surface area contributed by atoms with E-state index in [9.17, 15) is 14.0 Å². The molecular weight excluding hydrogens is 395 g/mol. The summed E-state index contributed by atoms with van der Waals surface area (Å²) in [5.41, 5.74) is 1.79. The summed E-state index contributed by atoms with van der Waals surface area (Å²) in [6, 6.07) is 5.69. The van der Waals surface area contributed by atoms with Gasteiger partial charge < -0.3 is 5.32 Å². The molecule has 0 saturated heterocycles. The molecule has 2 aromatic rings. The van der Waals surface area contributed by atoms with E-state index in [1.165, 1.54) is 42.3 Å². The van der Waals surface area contributed by atoms with E-state index < -0.39 is 5.82 Å². The first-order valence-electron chi connectivity index (χ1n) is 8.58. The number of anilines is 3. The van der Waals surface area contributed by atoms with E-state index >= 15 is 0 Å². The van der Waals surface area contributed by atoms with Gasteiger partial charge in [-0.3, -0.25) is 14.5 Å². The molecule has 0 fully saturated rings. The summed E-state index contributed by atoms with van der Waals surface area (Å²) >= 11 is 5.88. The van der Waals surface area contributed by atoms with Gasteiger partial charge in [0.25, 0.3) is 0 Å². The predicted octanol–water partition coefficient (Wildman–Crippen LogP) is 4.80. The van der Waals surface area contributed by atoms with Crippen LogP contribution in [-0.4, -0.2) is 22.0 Å². The fraction of sp³-hybridized carbons (Fsp3) is 0.143. The maximum Gasteiger partial charge on any atom is 0.229 e. The van der Waals surface area contributed by atoms with Crippen LogP contribution in [0.5, 0.6) is 0 Å². The molecule has 2 amide bonds. The van der Waals surface area contributed by atoms with E-state index in [-0.39, 0.29) is 29.1 Å². The first-order valence-corrected chi connectivity index (χ1v) is 8.96. The Morgan fingerprint density at radius 1 is 1.31 bits per heavy atom. The second-order valence-electron chi connectivity index (χ2n) is 6.20. The van der Waals surface area contributed by atoms with E-state index in [1.54, 1.807) is 19.1 Å². The van der Waals surface area contributed by atoms with Crippen LogP contribution in [0.25, 0.3) is 0 Å². The first-order chi connectivity index (χ1) is 13.7. The summed E-state index contributed by atoms with van der Waals surface area (Å²) in [4.78, 5) is 25.7. The van der Waals surface area contributed by atoms with Crippen LogP contribution in [0.3, 0.4) is 0 Å². The molecule has 0 spiro atoms. The van der Waals surface area contributed by atoms with Crippen molar-refractivity contribution in [3.05, 3.63) is 77.8 Å². The number of amides is 2. The van der Waals surface area contributed by atoms with Gasteiger partial charge in [0.05, 0.1) is 24.0 Å². The van der Waals surface area contributed by atoms with E-state index in [0.717, 1.165) is 0 Å². The van der Waals surface area contributed by atoms with Gasteiger partial charge in [-0.15, -0.1) is 5.10 Å². The maximum atomic E-state index is 13.8. The van der Waals surface area contributed by atoms with E-state index in [2.05, 4.69) is 28.7 Å². The smallest absolute Gasteiger partial charge is 0.229 e. The molecule has 0 radical (unpaired) electrons. The minimum Gasteiger partial charge on any atom is -0.324 e. The Morgan fingerprint density at radius 3 is 2.62 bits per heavy atom. The Hall–Kier alpha value is -3.32. The number of hydrogen-bond donors (Lipinski definition) is 1. The molecule has 0 aliphatic heterocycles. The molecule has 6 nitrogen and oxygen atoms in total. The van der Waals surface area contributed by atoms with E-state index in [4.69, 9.17) is 11.6 Å². The number of benzene rings is 1. The molecule has 8 heteroatoms. The molecular formula is C21H20ClFN4O2. The average Bonchev–Trinajstić information content (AvgIpc) is 2.60. The van der Waals surface area contributed by atoms with Crippen LogP contribution < -0.4 is 10.2 Å². The highest BCUT2D eigenvalue weighted by Gasteiger charge is 2.18. The van der Waals surface area contributed by atoms with Gasteiger partial charge in [0.1, 0.15) is 5.82 Å². The first kappa shape index (κ1) is 22.0. The third kappa shape index (κ3) is 6.08. The molecule has 1 heterocycles. The van der Waals surface area contributed by atoms with Gasteiger partial charge in [-0.1, -0.05) is 36.9 Å². The normalized spacial score (nSPS) is 11.0. The standard InChI is InChI=1S/C21H20ClFN4O2/c1-5-6-16(14(3)22)9-21(29)25-18-11-20(26-24-12-18)27(15(4)28)19-8-13(2)7-17(23)10-19/h5-8,10-12H,1,3,9H2,2,4H3,(H,25,26,29)/b16-6-. The van der Waals surface area contributed by atoms with E-state index in [1.807, 2.05) is 0 Å². The summed E-state index contributed by atoms with van der Waals surface area (Å²) in [6.45, 7) is 10.2. The largest absolute Gasteiger partial charge is 0.324 e. The summed E-state index contributed by atoms with van der Waals surface area (Å²) in [5.74, 6) is -1.09. The van der Waals surface area contributed by atoms with Gasteiger partial charge in [0, 0.05) is 18.0 Å². The molecule has 1 N–H and O–H groups in total. The molecule has 150 valence electrons. The number of aryl methyl sites for hydroxylation is 1. The number of hydrogen-bond acceptors (Lipinski definition) is 4. The van der Waals surface area contributed by atoms with Crippen molar-refractivity contribution in [2.75, 3.05) is 10.2 Å². The van der Waals surface area contributed by atoms with Crippen molar-refractivity contribution >= 4 is 40.6 Å². The Bertz CT molecular complexity index is 984. The van der Waals surface area contributed by atoms with Crippen molar-refractivity contribution in [3.8, 4) is 0 Å². The molecule has 29 heavy (non-hydrogen) atoms. The van der Waals surface area contributed by atoms with Crippen molar-refractivity contribution in [2.45, 2.75) is 20.3 Å². The predicted molar refractivity (Wildman–Crippen MR) is 113 cm³/mol. The molecule has 0 bridgehead atoms. The van der Waals surface area contributed by atoms with Crippen LogP contribution in [-0.2, 0) is 9.59 Å². The zero-order valence-corrected chi connectivity index (χ0v) is 16.8. The second kappa shape index (κ2) is 9.75. The van der Waals surface area contributed by atoms with Gasteiger partial charge in [-0.05, 0) is 36.3 Å². The fourth-order valence-corrected chi connectivity index (χ4v) is 2.75. The van der Waals surface area contributed by atoms with Gasteiger partial charge in [0.2, 0.25) is 11.8 Å². The number of nitrogens with zero attached hydrogens (tertiary/aromatic N) is 3. The van der Waals surface area contributed by atoms with Crippen molar-refractivity contribution in [1.29, 1.82) is 0 Å².